The summed E-state index contributed by atoms with van der Waals surface area (Å²) < 4.78 is 11.4. The van der Waals surface area contributed by atoms with E-state index in [2.05, 4.69) is 10.6 Å². The average Bonchev–Trinajstić information content (AvgIpc) is 2.54. The van der Waals surface area contributed by atoms with Gasteiger partial charge in [0.05, 0.1) is 5.92 Å². The number of ether oxygens (including phenoxy) is 2. The summed E-state index contributed by atoms with van der Waals surface area (Å²) in [7, 11) is 0. The molecule has 1 aromatic rings. The lowest BCUT2D eigenvalue weighted by atomic mass is 10.0. The molecule has 2 N–H and O–H groups in total. The van der Waals surface area contributed by atoms with Crippen molar-refractivity contribution in [2.75, 3.05) is 31.5 Å². The standard InChI is InChI=1S/C20H29N3O4/c1-20(2,3)27-19(25)23-10-8-17(9-11-23)26-16-6-4-15(5-7-16)22-18(24)14-12-21-13-14/h4-7,14,17,21H,8-13H2,1-3H3,(H,22,24). The van der Waals surface area contributed by atoms with Crippen LogP contribution in [0.1, 0.15) is 33.6 Å². The molecule has 0 radical (unpaired) electrons. The Bertz CT molecular complexity index is 657. The van der Waals surface area contributed by atoms with Crippen molar-refractivity contribution in [2.45, 2.75) is 45.3 Å². The smallest absolute Gasteiger partial charge is 0.410 e. The molecule has 27 heavy (non-hydrogen) atoms. The van der Waals surface area contributed by atoms with Gasteiger partial charge in [-0.25, -0.2) is 4.79 Å². The Balaban J connectivity index is 1.43. The van der Waals surface area contributed by atoms with Crippen LogP contribution in [-0.2, 0) is 9.53 Å². The summed E-state index contributed by atoms with van der Waals surface area (Å²) in [6, 6.07) is 7.45. The number of hydrogen-bond donors (Lipinski definition) is 2. The van der Waals surface area contributed by atoms with Crippen molar-refractivity contribution in [3.8, 4) is 5.75 Å². The molecule has 7 nitrogen and oxygen atoms in total. The van der Waals surface area contributed by atoms with E-state index < -0.39 is 5.60 Å². The molecule has 0 aliphatic carbocycles. The molecule has 0 unspecified atom stereocenters. The van der Waals surface area contributed by atoms with Crippen LogP contribution in [-0.4, -0.2) is 54.8 Å². The highest BCUT2D eigenvalue weighted by atomic mass is 16.6. The highest BCUT2D eigenvalue weighted by molar-refractivity contribution is 5.93. The summed E-state index contributed by atoms with van der Waals surface area (Å²) in [6.45, 7) is 8.36. The summed E-state index contributed by atoms with van der Waals surface area (Å²) in [6.07, 6.45) is 1.35. The van der Waals surface area contributed by atoms with E-state index in [4.69, 9.17) is 9.47 Å². The maximum atomic E-state index is 12.1. The van der Waals surface area contributed by atoms with Gasteiger partial charge < -0.3 is 25.0 Å². The monoisotopic (exact) mass is 375 g/mol. The van der Waals surface area contributed by atoms with Crippen molar-refractivity contribution in [2.24, 2.45) is 5.92 Å². The van der Waals surface area contributed by atoms with Gasteiger partial charge in [0.15, 0.2) is 0 Å². The molecule has 148 valence electrons. The number of rotatable bonds is 4. The van der Waals surface area contributed by atoms with Crippen molar-refractivity contribution in [1.29, 1.82) is 0 Å². The first kappa shape index (κ1) is 19.5. The van der Waals surface area contributed by atoms with Gasteiger partial charge >= 0.3 is 6.09 Å². The number of carbonyl (C=O) groups is 2. The number of nitrogens with zero attached hydrogens (tertiary/aromatic N) is 1. The molecule has 0 saturated carbocycles. The molecule has 0 spiro atoms. The molecule has 2 amide bonds. The minimum atomic E-state index is -0.475. The van der Waals surface area contributed by atoms with Crippen LogP contribution in [0.15, 0.2) is 24.3 Å². The van der Waals surface area contributed by atoms with Crippen LogP contribution in [0.2, 0.25) is 0 Å². The van der Waals surface area contributed by atoms with E-state index in [1.807, 2.05) is 45.0 Å². The van der Waals surface area contributed by atoms with Crippen molar-refractivity contribution in [1.82, 2.24) is 10.2 Å². The van der Waals surface area contributed by atoms with E-state index in [1.165, 1.54) is 0 Å². The van der Waals surface area contributed by atoms with Crippen molar-refractivity contribution >= 4 is 17.7 Å². The number of anilines is 1. The van der Waals surface area contributed by atoms with E-state index in [0.29, 0.717) is 13.1 Å². The van der Waals surface area contributed by atoms with Crippen LogP contribution in [0.5, 0.6) is 5.75 Å². The number of amides is 2. The van der Waals surface area contributed by atoms with Gasteiger partial charge in [-0.1, -0.05) is 0 Å². The summed E-state index contributed by atoms with van der Waals surface area (Å²) in [5.74, 6) is 0.891. The first-order valence-electron chi connectivity index (χ1n) is 9.56. The highest BCUT2D eigenvalue weighted by Gasteiger charge is 2.28. The Morgan fingerprint density at radius 2 is 1.74 bits per heavy atom. The molecule has 3 rings (SSSR count). The molecular weight excluding hydrogens is 346 g/mol. The van der Waals surface area contributed by atoms with Gasteiger partial charge in [-0.15, -0.1) is 0 Å². The van der Waals surface area contributed by atoms with Crippen LogP contribution in [0.4, 0.5) is 10.5 Å². The topological polar surface area (TPSA) is 79.9 Å². The number of nitrogens with one attached hydrogen (secondary N) is 2. The SMILES string of the molecule is CC(C)(C)OC(=O)N1CCC(Oc2ccc(NC(=O)C3CNC3)cc2)CC1. The van der Waals surface area contributed by atoms with Gasteiger partial charge in [0.2, 0.25) is 5.91 Å². The molecule has 2 heterocycles. The van der Waals surface area contributed by atoms with Gasteiger partial charge in [0.1, 0.15) is 17.5 Å². The molecule has 0 atom stereocenters. The minimum Gasteiger partial charge on any atom is -0.490 e. The molecule has 2 aliphatic heterocycles. The lowest BCUT2D eigenvalue weighted by Crippen LogP contribution is -2.48. The average molecular weight is 375 g/mol. The Labute approximate surface area is 160 Å². The maximum Gasteiger partial charge on any atom is 0.410 e. The zero-order chi connectivity index (χ0) is 19.4. The van der Waals surface area contributed by atoms with Gasteiger partial charge in [0.25, 0.3) is 0 Å². The fourth-order valence-electron chi connectivity index (χ4n) is 3.01. The number of benzene rings is 1. The Morgan fingerprint density at radius 1 is 1.11 bits per heavy atom. The third kappa shape index (κ3) is 5.60. The zero-order valence-electron chi connectivity index (χ0n) is 16.3. The Kier molecular flexibility index (Phi) is 5.89. The van der Waals surface area contributed by atoms with E-state index in [0.717, 1.165) is 37.4 Å². The van der Waals surface area contributed by atoms with Gasteiger partial charge in [-0.3, -0.25) is 4.79 Å². The van der Waals surface area contributed by atoms with Crippen LogP contribution >= 0.6 is 0 Å². The maximum absolute atomic E-state index is 12.1. The fraction of sp³-hybridized carbons (Fsp3) is 0.600. The van der Waals surface area contributed by atoms with Crippen LogP contribution in [0.25, 0.3) is 0 Å². The highest BCUT2D eigenvalue weighted by Crippen LogP contribution is 2.22. The molecule has 2 fully saturated rings. The minimum absolute atomic E-state index is 0.0527. The number of likely N-dealkylation sites (tertiary alicyclic amines) is 1. The largest absolute Gasteiger partial charge is 0.490 e. The molecule has 1 aromatic carbocycles. The van der Waals surface area contributed by atoms with E-state index in [-0.39, 0.29) is 24.0 Å². The van der Waals surface area contributed by atoms with Gasteiger partial charge in [0, 0.05) is 44.7 Å². The molecule has 2 aliphatic rings. The molecule has 7 heteroatoms. The normalized spacial score (nSPS) is 18.6. The zero-order valence-corrected chi connectivity index (χ0v) is 16.3. The second kappa shape index (κ2) is 8.17. The summed E-state index contributed by atoms with van der Waals surface area (Å²) >= 11 is 0. The number of hydrogen-bond acceptors (Lipinski definition) is 5. The van der Waals surface area contributed by atoms with Crippen molar-refractivity contribution in [3.05, 3.63) is 24.3 Å². The van der Waals surface area contributed by atoms with E-state index in [1.54, 1.807) is 4.90 Å². The van der Waals surface area contributed by atoms with E-state index >= 15 is 0 Å². The molecule has 0 bridgehead atoms. The summed E-state index contributed by atoms with van der Waals surface area (Å²) in [5, 5.41) is 6.01. The third-order valence-electron chi connectivity index (χ3n) is 4.67. The van der Waals surface area contributed by atoms with Crippen LogP contribution in [0.3, 0.4) is 0 Å². The van der Waals surface area contributed by atoms with E-state index in [9.17, 15) is 9.59 Å². The Morgan fingerprint density at radius 3 is 2.26 bits per heavy atom. The van der Waals surface area contributed by atoms with Gasteiger partial charge in [-0.05, 0) is 45.0 Å². The molecule has 2 saturated heterocycles. The van der Waals surface area contributed by atoms with Crippen LogP contribution < -0.4 is 15.4 Å². The molecule has 0 aromatic heterocycles. The summed E-state index contributed by atoms with van der Waals surface area (Å²) in [5.41, 5.74) is 0.301. The first-order valence-corrected chi connectivity index (χ1v) is 9.56. The number of piperidine rings is 1. The predicted molar refractivity (Wildman–Crippen MR) is 103 cm³/mol. The number of carbonyl (C=O) groups excluding carboxylic acids is 2. The lowest BCUT2D eigenvalue weighted by Gasteiger charge is -2.33. The van der Waals surface area contributed by atoms with Gasteiger partial charge in [-0.2, -0.15) is 0 Å². The lowest BCUT2D eigenvalue weighted by molar-refractivity contribution is -0.121. The first-order chi connectivity index (χ1) is 12.8. The quantitative estimate of drug-likeness (QED) is 0.846. The third-order valence-corrected chi connectivity index (χ3v) is 4.67. The fourth-order valence-corrected chi connectivity index (χ4v) is 3.01. The second-order valence-corrected chi connectivity index (χ2v) is 8.15. The van der Waals surface area contributed by atoms with Crippen LogP contribution in [0, 0.1) is 5.92 Å². The van der Waals surface area contributed by atoms with Crippen molar-refractivity contribution < 1.29 is 19.1 Å². The Hall–Kier alpha value is -2.28. The second-order valence-electron chi connectivity index (χ2n) is 8.15. The summed E-state index contributed by atoms with van der Waals surface area (Å²) in [4.78, 5) is 25.8. The molecular formula is C20H29N3O4. The van der Waals surface area contributed by atoms with Crippen molar-refractivity contribution in [3.63, 3.8) is 0 Å². The predicted octanol–water partition coefficient (Wildman–Crippen LogP) is 2.62.